The number of alkyl halides is 1. The summed E-state index contributed by atoms with van der Waals surface area (Å²) in [5, 5.41) is 14.0. The van der Waals surface area contributed by atoms with E-state index in [4.69, 9.17) is 16.3 Å². The number of fused-ring (bicyclic) bond motifs is 6. The quantitative estimate of drug-likeness (QED) is 0.0812. The Morgan fingerprint density at radius 2 is 1.41 bits per heavy atom. The molecule has 3 heterocycles. The van der Waals surface area contributed by atoms with E-state index in [9.17, 15) is 33.9 Å². The number of nitrogens with zero attached hydrogens (tertiary/aromatic N) is 5. The average Bonchev–Trinajstić information content (AvgIpc) is 3.94. The molecule has 0 bridgehead atoms. The number of hydrogen-bond acceptors (Lipinski definition) is 8. The Balaban J connectivity index is 0.925. The van der Waals surface area contributed by atoms with Crippen molar-refractivity contribution >= 4 is 80.1 Å². The number of ether oxygens (including phenoxy) is 1. The highest BCUT2D eigenvalue weighted by Gasteiger charge is 2.35. The van der Waals surface area contributed by atoms with Crippen molar-refractivity contribution in [3.05, 3.63) is 83.9 Å². The van der Waals surface area contributed by atoms with E-state index < -0.39 is 6.09 Å². The molecule has 3 aliphatic rings. The number of benzene rings is 4. The van der Waals surface area contributed by atoms with Crippen molar-refractivity contribution in [2.75, 3.05) is 62.5 Å². The largest absolute Gasteiger partial charge is 0.507 e. The zero-order valence-electron chi connectivity index (χ0n) is 33.3. The third kappa shape index (κ3) is 8.61. The molecule has 59 heavy (non-hydrogen) atoms. The van der Waals surface area contributed by atoms with Gasteiger partial charge in [-0.3, -0.25) is 28.9 Å². The van der Waals surface area contributed by atoms with E-state index >= 15 is 0 Å². The minimum absolute atomic E-state index is 0.0733. The smallest absolute Gasteiger partial charge is 0.415 e. The lowest BCUT2D eigenvalue weighted by atomic mass is 9.95. The van der Waals surface area contributed by atoms with Gasteiger partial charge in [0, 0.05) is 113 Å². The van der Waals surface area contributed by atoms with Crippen LogP contribution in [0.25, 0.3) is 21.5 Å². The van der Waals surface area contributed by atoms with Gasteiger partial charge in [-0.1, -0.05) is 55.0 Å². The van der Waals surface area contributed by atoms with Gasteiger partial charge in [0.15, 0.2) is 0 Å². The number of hydrogen-bond donors (Lipinski definition) is 1. The number of rotatable bonds is 15. The molecule has 0 aliphatic carbocycles. The molecule has 4 aromatic carbocycles. The number of imide groups is 1. The summed E-state index contributed by atoms with van der Waals surface area (Å²) in [6.07, 6.45) is 5.39. The standard InChI is InChI=1S/C45H48ClN5O8/c1-47(39(53)15-4-3-9-21-50-42(56)18-19-43(50)57)23-24-48(2)45(58)59-38-26-35-31(30-11-5-7-13-33(30)38)20-22-49(35)40(54)16-10-17-41(55)51-28-29(27-46)44-34-14-8-6-12-32(34)37(52)25-36(44)51/h5-8,11-14,18-19,25-26,29,52H,3-4,9-10,15-17,20-24,27-28H2,1-2H3/t29-/m1/s1. The van der Waals surface area contributed by atoms with Gasteiger partial charge >= 0.3 is 6.09 Å². The van der Waals surface area contributed by atoms with Gasteiger partial charge in [-0.05, 0) is 47.6 Å². The van der Waals surface area contributed by atoms with Crippen molar-refractivity contribution in [3.8, 4) is 11.5 Å². The predicted molar refractivity (Wildman–Crippen MR) is 226 cm³/mol. The summed E-state index contributed by atoms with van der Waals surface area (Å²) in [4.78, 5) is 84.4. The van der Waals surface area contributed by atoms with E-state index in [0.717, 1.165) is 32.7 Å². The molecule has 0 saturated heterocycles. The lowest BCUT2D eigenvalue weighted by molar-refractivity contribution is -0.137. The maximum atomic E-state index is 13.7. The maximum absolute atomic E-state index is 13.7. The Labute approximate surface area is 347 Å². The summed E-state index contributed by atoms with van der Waals surface area (Å²) in [5.74, 6) is -0.281. The van der Waals surface area contributed by atoms with Crippen molar-refractivity contribution in [1.29, 1.82) is 0 Å². The van der Waals surface area contributed by atoms with Crippen LogP contribution in [-0.4, -0.2) is 108 Å². The number of phenolic OH excluding ortho intramolecular Hbond substituents is 1. The van der Waals surface area contributed by atoms with Crippen molar-refractivity contribution < 1.29 is 38.6 Å². The molecule has 0 aromatic heterocycles. The minimum Gasteiger partial charge on any atom is -0.507 e. The van der Waals surface area contributed by atoms with Gasteiger partial charge in [0.2, 0.25) is 17.7 Å². The fraction of sp³-hybridized carbons (Fsp3) is 0.378. The summed E-state index contributed by atoms with van der Waals surface area (Å²) in [6.45, 7) is 1.72. The molecule has 4 aromatic rings. The molecule has 308 valence electrons. The number of likely N-dealkylation sites (N-methyl/N-ethyl adjacent to an activating group) is 2. The molecule has 0 unspecified atom stereocenters. The Bertz CT molecular complexity index is 2350. The number of amides is 6. The first-order chi connectivity index (χ1) is 28.5. The van der Waals surface area contributed by atoms with Crippen LogP contribution in [0.5, 0.6) is 11.5 Å². The van der Waals surface area contributed by atoms with Gasteiger partial charge in [0.1, 0.15) is 11.5 Å². The van der Waals surface area contributed by atoms with Gasteiger partial charge < -0.3 is 29.4 Å². The number of carbonyl (C=O) groups is 6. The lowest BCUT2D eigenvalue weighted by Crippen LogP contribution is -2.38. The molecule has 0 saturated carbocycles. The highest BCUT2D eigenvalue weighted by molar-refractivity contribution is 6.19. The normalized spacial score (nSPS) is 15.6. The molecule has 0 radical (unpaired) electrons. The molecule has 14 heteroatoms. The van der Waals surface area contributed by atoms with E-state index in [1.165, 1.54) is 22.0 Å². The first-order valence-corrected chi connectivity index (χ1v) is 20.7. The summed E-state index contributed by atoms with van der Waals surface area (Å²) in [7, 11) is 3.28. The maximum Gasteiger partial charge on any atom is 0.415 e. The van der Waals surface area contributed by atoms with Crippen LogP contribution in [0.3, 0.4) is 0 Å². The summed E-state index contributed by atoms with van der Waals surface area (Å²) < 4.78 is 5.95. The highest BCUT2D eigenvalue weighted by atomic mass is 35.5. The van der Waals surface area contributed by atoms with Crippen molar-refractivity contribution in [2.45, 2.75) is 57.3 Å². The first kappa shape index (κ1) is 41.2. The van der Waals surface area contributed by atoms with Crippen LogP contribution in [-0.2, 0) is 30.4 Å². The second kappa shape index (κ2) is 17.9. The number of phenols is 1. The van der Waals surface area contributed by atoms with Crippen LogP contribution < -0.4 is 14.5 Å². The number of aromatic hydroxyl groups is 1. The Kier molecular flexibility index (Phi) is 12.5. The third-order valence-corrected chi connectivity index (χ3v) is 11.9. The zero-order chi connectivity index (χ0) is 41.8. The number of carbonyl (C=O) groups excluding carboxylic acids is 6. The molecule has 0 fully saturated rings. The van der Waals surface area contributed by atoms with E-state index in [1.807, 2.05) is 48.5 Å². The Morgan fingerprint density at radius 3 is 2.12 bits per heavy atom. The highest BCUT2D eigenvalue weighted by Crippen LogP contribution is 2.46. The summed E-state index contributed by atoms with van der Waals surface area (Å²) >= 11 is 6.36. The summed E-state index contributed by atoms with van der Waals surface area (Å²) in [6, 6.07) is 18.5. The number of halogens is 1. The molecular formula is C45H48ClN5O8. The average molecular weight is 822 g/mol. The van der Waals surface area contributed by atoms with Gasteiger partial charge in [0.25, 0.3) is 11.8 Å². The zero-order valence-corrected chi connectivity index (χ0v) is 34.1. The molecule has 7 rings (SSSR count). The van der Waals surface area contributed by atoms with Crippen LogP contribution in [0, 0.1) is 0 Å². The second-order valence-corrected chi connectivity index (χ2v) is 15.7. The van der Waals surface area contributed by atoms with Gasteiger partial charge in [0.05, 0.1) is 11.4 Å². The van der Waals surface area contributed by atoms with Crippen molar-refractivity contribution in [2.24, 2.45) is 0 Å². The molecule has 1 N–H and O–H groups in total. The summed E-state index contributed by atoms with van der Waals surface area (Å²) in [5.41, 5.74) is 3.27. The van der Waals surface area contributed by atoms with E-state index in [0.29, 0.717) is 87.7 Å². The molecule has 0 spiro atoms. The van der Waals surface area contributed by atoms with E-state index in [-0.39, 0.29) is 60.6 Å². The fourth-order valence-electron chi connectivity index (χ4n) is 8.28. The third-order valence-electron chi connectivity index (χ3n) is 11.6. The molecule has 3 aliphatic heterocycles. The van der Waals surface area contributed by atoms with E-state index in [2.05, 4.69) is 0 Å². The predicted octanol–water partition coefficient (Wildman–Crippen LogP) is 6.50. The Morgan fingerprint density at radius 1 is 0.763 bits per heavy atom. The van der Waals surface area contributed by atoms with Gasteiger partial charge in [-0.15, -0.1) is 11.6 Å². The number of anilines is 2. The minimum atomic E-state index is -0.605. The topological polar surface area (TPSA) is 148 Å². The van der Waals surface area contributed by atoms with Gasteiger partial charge in [-0.2, -0.15) is 0 Å². The van der Waals surface area contributed by atoms with E-state index in [1.54, 1.807) is 40.9 Å². The van der Waals surface area contributed by atoms with Crippen molar-refractivity contribution in [3.63, 3.8) is 0 Å². The van der Waals surface area contributed by atoms with Crippen LogP contribution in [0.2, 0.25) is 0 Å². The number of unbranched alkanes of at least 4 members (excludes halogenated alkanes) is 2. The van der Waals surface area contributed by atoms with Gasteiger partial charge in [-0.25, -0.2) is 4.79 Å². The molecule has 6 amide bonds. The lowest BCUT2D eigenvalue weighted by Gasteiger charge is -2.23. The molecule has 13 nitrogen and oxygen atoms in total. The van der Waals surface area contributed by atoms with Crippen LogP contribution in [0.4, 0.5) is 16.2 Å². The molecular weight excluding hydrogens is 774 g/mol. The first-order valence-electron chi connectivity index (χ1n) is 20.1. The SMILES string of the molecule is CN(CCN(C)C(=O)Oc1cc2c(c3ccccc13)CCN2C(=O)CCCC(=O)N1C[C@@H](CCl)c2c1cc(O)c1ccccc21)C(=O)CCCCCN1C(=O)C=CC1=O. The van der Waals surface area contributed by atoms with Crippen LogP contribution in [0.15, 0.2) is 72.8 Å². The van der Waals surface area contributed by atoms with Crippen molar-refractivity contribution in [1.82, 2.24) is 14.7 Å². The Hall–Kier alpha value is -5.95. The van der Waals surface area contributed by atoms with Crippen LogP contribution in [0.1, 0.15) is 62.0 Å². The fourth-order valence-corrected chi connectivity index (χ4v) is 8.53. The second-order valence-electron chi connectivity index (χ2n) is 15.4. The van der Waals surface area contributed by atoms with Crippen LogP contribution >= 0.6 is 11.6 Å². The monoisotopic (exact) mass is 821 g/mol. The molecule has 1 atom stereocenters.